The van der Waals surface area contributed by atoms with E-state index in [9.17, 15) is 14.7 Å². The van der Waals surface area contributed by atoms with Crippen LogP contribution in [0.5, 0.6) is 23.0 Å². The minimum Gasteiger partial charge on any atom is -0.507 e. The molecule has 1 aliphatic rings. The first kappa shape index (κ1) is 26.9. The van der Waals surface area contributed by atoms with Gasteiger partial charge in [0.25, 0.3) is 11.7 Å². The molecule has 36 heavy (non-hydrogen) atoms. The summed E-state index contributed by atoms with van der Waals surface area (Å²) in [5, 5.41) is 11.3. The van der Waals surface area contributed by atoms with Crippen molar-refractivity contribution in [1.82, 2.24) is 9.80 Å². The highest BCUT2D eigenvalue weighted by molar-refractivity contribution is 6.46. The predicted molar refractivity (Wildman–Crippen MR) is 136 cm³/mol. The van der Waals surface area contributed by atoms with Crippen LogP contribution in [0.15, 0.2) is 42.0 Å². The molecule has 2 aromatic rings. The number of likely N-dealkylation sites (N-methyl/N-ethyl adjacent to an activating group) is 1. The lowest BCUT2D eigenvalue weighted by Gasteiger charge is -2.29. The number of hydrogen-bond donors (Lipinski definition) is 1. The molecule has 1 atom stereocenters. The lowest BCUT2D eigenvalue weighted by molar-refractivity contribution is -0.140. The molecule has 0 spiro atoms. The van der Waals surface area contributed by atoms with Gasteiger partial charge in [-0.05, 0) is 55.1 Å². The third-order valence-corrected chi connectivity index (χ3v) is 6.46. The molecule has 1 saturated heterocycles. The van der Waals surface area contributed by atoms with Gasteiger partial charge in [0.2, 0.25) is 5.75 Å². The first-order chi connectivity index (χ1) is 17.3. The van der Waals surface area contributed by atoms with Crippen LogP contribution in [0.4, 0.5) is 0 Å². The molecule has 0 aliphatic carbocycles. The first-order valence-electron chi connectivity index (χ1n) is 11.8. The zero-order valence-electron chi connectivity index (χ0n) is 21.7. The van der Waals surface area contributed by atoms with Gasteiger partial charge in [0.1, 0.15) is 11.5 Å². The topological polar surface area (TPSA) is 97.8 Å². The number of nitrogens with zero attached hydrogens (tertiary/aromatic N) is 2. The van der Waals surface area contributed by atoms with Crippen molar-refractivity contribution in [2.45, 2.75) is 19.9 Å². The number of ketones is 1. The molecular weight excluding hydrogens is 464 g/mol. The number of benzene rings is 2. The van der Waals surface area contributed by atoms with Gasteiger partial charge < -0.3 is 33.9 Å². The van der Waals surface area contributed by atoms with Crippen molar-refractivity contribution >= 4 is 17.4 Å². The normalized spacial score (nSPS) is 17.0. The number of methoxy groups -OCH3 is 4. The number of rotatable bonds is 11. The van der Waals surface area contributed by atoms with Gasteiger partial charge in [-0.2, -0.15) is 0 Å². The number of amides is 1. The number of aliphatic hydroxyl groups excluding tert-OH is 1. The third-order valence-electron chi connectivity index (χ3n) is 6.46. The molecule has 0 bridgehead atoms. The quantitative estimate of drug-likeness (QED) is 0.286. The van der Waals surface area contributed by atoms with E-state index in [1.807, 2.05) is 13.8 Å². The van der Waals surface area contributed by atoms with Crippen LogP contribution in [0.25, 0.3) is 5.76 Å². The van der Waals surface area contributed by atoms with Crippen LogP contribution < -0.4 is 18.9 Å². The zero-order valence-corrected chi connectivity index (χ0v) is 21.7. The summed E-state index contributed by atoms with van der Waals surface area (Å²) < 4.78 is 21.7. The Labute approximate surface area is 211 Å². The average molecular weight is 499 g/mol. The van der Waals surface area contributed by atoms with E-state index in [1.165, 1.54) is 26.2 Å². The van der Waals surface area contributed by atoms with Crippen LogP contribution in [0.2, 0.25) is 0 Å². The smallest absolute Gasteiger partial charge is 0.295 e. The molecule has 3 rings (SSSR count). The second kappa shape index (κ2) is 11.8. The Kier molecular flexibility index (Phi) is 8.82. The number of ether oxygens (including phenoxy) is 4. The molecule has 1 N–H and O–H groups in total. The first-order valence-corrected chi connectivity index (χ1v) is 11.8. The Balaban J connectivity index is 2.21. The minimum absolute atomic E-state index is 0.000938. The van der Waals surface area contributed by atoms with Crippen molar-refractivity contribution in [1.29, 1.82) is 0 Å². The van der Waals surface area contributed by atoms with Crippen molar-refractivity contribution in [2.24, 2.45) is 0 Å². The van der Waals surface area contributed by atoms with Gasteiger partial charge in [-0.15, -0.1) is 0 Å². The molecule has 0 aromatic heterocycles. The van der Waals surface area contributed by atoms with Gasteiger partial charge in [0.15, 0.2) is 11.5 Å². The molecule has 9 nitrogen and oxygen atoms in total. The Morgan fingerprint density at radius 1 is 0.917 bits per heavy atom. The third kappa shape index (κ3) is 5.11. The predicted octanol–water partition coefficient (Wildman–Crippen LogP) is 3.48. The van der Waals surface area contributed by atoms with E-state index in [0.717, 1.165) is 13.1 Å². The van der Waals surface area contributed by atoms with Crippen molar-refractivity contribution < 1.29 is 33.6 Å². The summed E-state index contributed by atoms with van der Waals surface area (Å²) in [6, 6.07) is 9.19. The highest BCUT2D eigenvalue weighted by atomic mass is 16.5. The van der Waals surface area contributed by atoms with Crippen LogP contribution in [-0.2, 0) is 9.59 Å². The largest absolute Gasteiger partial charge is 0.507 e. The Morgan fingerprint density at radius 3 is 1.97 bits per heavy atom. The number of hydrogen-bond acceptors (Lipinski definition) is 8. The van der Waals surface area contributed by atoms with Crippen molar-refractivity contribution in [3.63, 3.8) is 0 Å². The highest BCUT2D eigenvalue weighted by Crippen LogP contribution is 2.45. The highest BCUT2D eigenvalue weighted by Gasteiger charge is 2.46. The summed E-state index contributed by atoms with van der Waals surface area (Å²) in [6.07, 6.45) is 0. The summed E-state index contributed by atoms with van der Waals surface area (Å²) in [7, 11) is 6.03. The van der Waals surface area contributed by atoms with Crippen molar-refractivity contribution in [3.05, 3.63) is 53.1 Å². The second-order valence-electron chi connectivity index (χ2n) is 8.21. The van der Waals surface area contributed by atoms with Gasteiger partial charge in [0, 0.05) is 18.7 Å². The molecule has 194 valence electrons. The summed E-state index contributed by atoms with van der Waals surface area (Å²) in [6.45, 7) is 6.56. The van der Waals surface area contributed by atoms with Gasteiger partial charge in [-0.25, -0.2) is 0 Å². The Bertz CT molecular complexity index is 1100. The molecule has 1 amide bonds. The maximum Gasteiger partial charge on any atom is 0.295 e. The van der Waals surface area contributed by atoms with E-state index in [4.69, 9.17) is 18.9 Å². The van der Waals surface area contributed by atoms with Crippen LogP contribution in [-0.4, -0.2) is 81.2 Å². The number of carbonyl (C=O) groups is 2. The fourth-order valence-electron chi connectivity index (χ4n) is 4.41. The lowest BCUT2D eigenvalue weighted by Crippen LogP contribution is -2.38. The molecular formula is C27H34N2O7. The fourth-order valence-corrected chi connectivity index (χ4v) is 4.41. The summed E-state index contributed by atoms with van der Waals surface area (Å²) in [4.78, 5) is 30.2. The summed E-state index contributed by atoms with van der Waals surface area (Å²) >= 11 is 0. The molecule has 0 radical (unpaired) electrons. The van der Waals surface area contributed by atoms with E-state index < -0.39 is 17.7 Å². The second-order valence-corrected chi connectivity index (χ2v) is 8.21. The van der Waals surface area contributed by atoms with Crippen LogP contribution in [0.1, 0.15) is 31.0 Å². The molecule has 2 aromatic carbocycles. The van der Waals surface area contributed by atoms with E-state index in [2.05, 4.69) is 4.90 Å². The lowest BCUT2D eigenvalue weighted by atomic mass is 9.94. The van der Waals surface area contributed by atoms with Crippen LogP contribution in [0, 0.1) is 0 Å². The van der Waals surface area contributed by atoms with Gasteiger partial charge >= 0.3 is 0 Å². The number of likely N-dealkylation sites (tertiary alicyclic amines) is 1. The SMILES string of the molecule is CCN(CC)CCN1C(=O)C(=O)C(=C(O)c2ccc(OC)cc2)[C@@H]1c1cc(OC)c(OC)c(OC)c1. The number of Topliss-reactive ketones (excluding diaryl/α,β-unsaturated/α-hetero) is 1. The molecule has 0 saturated carbocycles. The summed E-state index contributed by atoms with van der Waals surface area (Å²) in [5.41, 5.74) is 0.951. The van der Waals surface area contributed by atoms with Gasteiger partial charge in [-0.3, -0.25) is 9.59 Å². The maximum absolute atomic E-state index is 13.3. The van der Waals surface area contributed by atoms with Crippen LogP contribution in [0.3, 0.4) is 0 Å². The van der Waals surface area contributed by atoms with E-state index in [-0.39, 0.29) is 11.3 Å². The molecule has 9 heteroatoms. The fraction of sp³-hybridized carbons (Fsp3) is 0.407. The summed E-state index contributed by atoms with van der Waals surface area (Å²) in [5.74, 6) is 0.0698. The monoisotopic (exact) mass is 498 g/mol. The zero-order chi connectivity index (χ0) is 26.4. The maximum atomic E-state index is 13.3. The Hall–Kier alpha value is -3.72. The standard InChI is InChI=1S/C27H34N2O7/c1-7-28(8-2)13-14-29-23(18-15-20(34-4)26(36-6)21(16-18)35-5)22(25(31)27(29)32)24(30)17-9-11-19(33-3)12-10-17/h9-12,15-16,23,30H,7-8,13-14H2,1-6H3/t23-/m0/s1. The van der Waals surface area contributed by atoms with Crippen LogP contribution >= 0.6 is 0 Å². The van der Waals surface area contributed by atoms with E-state index >= 15 is 0 Å². The van der Waals surface area contributed by atoms with Gasteiger partial charge in [-0.1, -0.05) is 13.8 Å². The minimum atomic E-state index is -0.851. The molecule has 1 aliphatic heterocycles. The number of carbonyl (C=O) groups excluding carboxylic acids is 2. The Morgan fingerprint density at radius 2 is 1.50 bits per heavy atom. The molecule has 1 heterocycles. The van der Waals surface area contributed by atoms with Gasteiger partial charge in [0.05, 0.1) is 40.1 Å². The average Bonchev–Trinajstić information content (AvgIpc) is 3.17. The van der Waals surface area contributed by atoms with Crippen molar-refractivity contribution in [3.8, 4) is 23.0 Å². The molecule has 1 fully saturated rings. The van der Waals surface area contributed by atoms with E-state index in [1.54, 1.807) is 43.5 Å². The van der Waals surface area contributed by atoms with E-state index in [0.29, 0.717) is 47.2 Å². The number of aliphatic hydroxyl groups is 1. The van der Waals surface area contributed by atoms with Crippen molar-refractivity contribution in [2.75, 3.05) is 54.6 Å². The molecule has 0 unspecified atom stereocenters.